The first kappa shape index (κ1) is 14.8. The van der Waals surface area contributed by atoms with E-state index < -0.39 is 28.9 Å². The van der Waals surface area contributed by atoms with E-state index in [4.69, 9.17) is 17.3 Å². The molecular weight excluding hydrogens is 269 g/mol. The number of halogens is 4. The van der Waals surface area contributed by atoms with E-state index in [1.165, 1.54) is 19.9 Å². The largest absolute Gasteiger partial charge is 0.418 e. The smallest absolute Gasteiger partial charge is 0.323 e. The van der Waals surface area contributed by atoms with Crippen molar-refractivity contribution in [3.63, 3.8) is 0 Å². The van der Waals surface area contributed by atoms with Crippen LogP contribution in [-0.4, -0.2) is 11.4 Å². The van der Waals surface area contributed by atoms with Crippen LogP contribution < -0.4 is 11.1 Å². The van der Waals surface area contributed by atoms with Crippen LogP contribution in [0, 0.1) is 0 Å². The Morgan fingerprint density at radius 3 is 2.33 bits per heavy atom. The lowest BCUT2D eigenvalue weighted by Crippen LogP contribution is -2.45. The second-order valence-corrected chi connectivity index (χ2v) is 4.74. The van der Waals surface area contributed by atoms with Gasteiger partial charge in [0.1, 0.15) is 0 Å². The van der Waals surface area contributed by atoms with Crippen molar-refractivity contribution in [2.45, 2.75) is 25.6 Å². The predicted octanol–water partition coefficient (Wildman–Crippen LogP) is 3.03. The maximum Gasteiger partial charge on any atom is 0.418 e. The SMILES string of the molecule is CC(C)(N)C(=O)Nc1c(Cl)cccc1C(F)(F)F. The number of amides is 1. The number of hydrogen-bond acceptors (Lipinski definition) is 2. The molecule has 0 saturated heterocycles. The number of anilines is 1. The van der Waals surface area contributed by atoms with E-state index in [9.17, 15) is 18.0 Å². The molecule has 3 nitrogen and oxygen atoms in total. The van der Waals surface area contributed by atoms with Crippen LogP contribution in [0.2, 0.25) is 5.02 Å². The van der Waals surface area contributed by atoms with Gasteiger partial charge in [-0.2, -0.15) is 13.2 Å². The van der Waals surface area contributed by atoms with Gasteiger partial charge in [-0.3, -0.25) is 4.79 Å². The Labute approximate surface area is 107 Å². The zero-order valence-corrected chi connectivity index (χ0v) is 10.5. The molecule has 18 heavy (non-hydrogen) atoms. The molecule has 0 heterocycles. The first-order chi connectivity index (χ1) is 8.03. The van der Waals surface area contributed by atoms with Crippen molar-refractivity contribution in [1.29, 1.82) is 0 Å². The molecule has 1 aromatic carbocycles. The molecule has 100 valence electrons. The molecule has 0 radical (unpaired) electrons. The summed E-state index contributed by atoms with van der Waals surface area (Å²) in [6.45, 7) is 2.76. The molecule has 0 bridgehead atoms. The molecule has 0 fully saturated rings. The number of rotatable bonds is 2. The summed E-state index contributed by atoms with van der Waals surface area (Å²) in [4.78, 5) is 11.6. The Morgan fingerprint density at radius 2 is 1.89 bits per heavy atom. The van der Waals surface area contributed by atoms with Crippen molar-refractivity contribution in [1.82, 2.24) is 0 Å². The van der Waals surface area contributed by atoms with Gasteiger partial charge in [0.05, 0.1) is 21.8 Å². The number of benzene rings is 1. The number of hydrogen-bond donors (Lipinski definition) is 2. The third kappa shape index (κ3) is 3.36. The van der Waals surface area contributed by atoms with Gasteiger partial charge in [-0.25, -0.2) is 0 Å². The maximum absolute atomic E-state index is 12.7. The highest BCUT2D eigenvalue weighted by molar-refractivity contribution is 6.34. The Morgan fingerprint density at radius 1 is 1.33 bits per heavy atom. The van der Waals surface area contributed by atoms with Gasteiger partial charge in [0.25, 0.3) is 0 Å². The van der Waals surface area contributed by atoms with Gasteiger partial charge in [-0.15, -0.1) is 0 Å². The summed E-state index contributed by atoms with van der Waals surface area (Å²) in [5, 5.41) is 1.92. The lowest BCUT2D eigenvalue weighted by molar-refractivity contribution is -0.137. The van der Waals surface area contributed by atoms with E-state index in [0.717, 1.165) is 12.1 Å². The number of nitrogens with two attached hydrogens (primary N) is 1. The summed E-state index contributed by atoms with van der Waals surface area (Å²) in [5.41, 5.74) is 2.71. The van der Waals surface area contributed by atoms with Crippen molar-refractivity contribution in [3.8, 4) is 0 Å². The fraction of sp³-hybridized carbons (Fsp3) is 0.364. The standard InChI is InChI=1S/C11H12ClF3N2O/c1-10(2,16)9(18)17-8-6(11(13,14)15)4-3-5-7(8)12/h3-5H,16H2,1-2H3,(H,17,18). The molecule has 0 aromatic heterocycles. The summed E-state index contributed by atoms with van der Waals surface area (Å²) in [7, 11) is 0. The number of carbonyl (C=O) groups is 1. The topological polar surface area (TPSA) is 55.1 Å². The minimum absolute atomic E-state index is 0.192. The predicted molar refractivity (Wildman–Crippen MR) is 63.4 cm³/mol. The second-order valence-electron chi connectivity index (χ2n) is 4.34. The van der Waals surface area contributed by atoms with Crippen LogP contribution >= 0.6 is 11.6 Å². The summed E-state index contributed by atoms with van der Waals surface area (Å²) in [6.07, 6.45) is -4.60. The van der Waals surface area contributed by atoms with Gasteiger partial charge in [0.15, 0.2) is 0 Å². The van der Waals surface area contributed by atoms with E-state index in [1.54, 1.807) is 0 Å². The highest BCUT2D eigenvalue weighted by Gasteiger charge is 2.35. The third-order valence-corrected chi connectivity index (χ3v) is 2.46. The van der Waals surface area contributed by atoms with Crippen LogP contribution in [0.15, 0.2) is 18.2 Å². The summed E-state index contributed by atoms with van der Waals surface area (Å²) in [6, 6.07) is 3.26. The van der Waals surface area contributed by atoms with Crippen molar-refractivity contribution >= 4 is 23.2 Å². The second kappa shape index (κ2) is 4.78. The fourth-order valence-electron chi connectivity index (χ4n) is 1.16. The molecule has 0 spiro atoms. The average Bonchev–Trinajstić information content (AvgIpc) is 2.17. The van der Waals surface area contributed by atoms with Crippen LogP contribution in [0.5, 0.6) is 0 Å². The molecule has 0 unspecified atom stereocenters. The molecular formula is C11H12ClF3N2O. The van der Waals surface area contributed by atoms with Gasteiger partial charge in [0.2, 0.25) is 5.91 Å². The molecule has 1 rings (SSSR count). The molecule has 3 N–H and O–H groups in total. The molecule has 7 heteroatoms. The molecule has 1 aromatic rings. The zero-order valence-electron chi connectivity index (χ0n) is 9.73. The molecule has 0 atom stereocenters. The Bertz CT molecular complexity index is 466. The van der Waals surface area contributed by atoms with E-state index in [0.29, 0.717) is 0 Å². The fourth-order valence-corrected chi connectivity index (χ4v) is 1.38. The van der Waals surface area contributed by atoms with Crippen molar-refractivity contribution in [2.24, 2.45) is 5.73 Å². The average molecular weight is 281 g/mol. The summed E-state index contributed by atoms with van der Waals surface area (Å²) in [5.74, 6) is -0.749. The van der Waals surface area contributed by atoms with Crippen molar-refractivity contribution in [3.05, 3.63) is 28.8 Å². The molecule has 0 aliphatic carbocycles. The normalized spacial score (nSPS) is 12.4. The van der Waals surface area contributed by atoms with Gasteiger partial charge in [-0.1, -0.05) is 17.7 Å². The Kier molecular flexibility index (Phi) is 3.92. The summed E-state index contributed by atoms with van der Waals surface area (Å²) < 4.78 is 38.2. The number of alkyl halides is 3. The first-order valence-corrected chi connectivity index (χ1v) is 5.37. The van der Waals surface area contributed by atoms with Crippen LogP contribution in [0.3, 0.4) is 0 Å². The van der Waals surface area contributed by atoms with Gasteiger partial charge in [0, 0.05) is 0 Å². The van der Waals surface area contributed by atoms with E-state index in [-0.39, 0.29) is 5.02 Å². The quantitative estimate of drug-likeness (QED) is 0.875. The lowest BCUT2D eigenvalue weighted by Gasteiger charge is -2.21. The first-order valence-electron chi connectivity index (χ1n) is 4.99. The maximum atomic E-state index is 12.7. The lowest BCUT2D eigenvalue weighted by atomic mass is 10.1. The van der Waals surface area contributed by atoms with Crippen molar-refractivity contribution < 1.29 is 18.0 Å². The highest BCUT2D eigenvalue weighted by atomic mass is 35.5. The van der Waals surface area contributed by atoms with Crippen LogP contribution in [0.4, 0.5) is 18.9 Å². The van der Waals surface area contributed by atoms with Crippen LogP contribution in [-0.2, 0) is 11.0 Å². The number of para-hydroxylation sites is 1. The molecule has 1 amide bonds. The van der Waals surface area contributed by atoms with Gasteiger partial charge in [-0.05, 0) is 26.0 Å². The number of nitrogens with one attached hydrogen (secondary N) is 1. The zero-order chi connectivity index (χ0) is 14.1. The minimum Gasteiger partial charge on any atom is -0.323 e. The monoisotopic (exact) mass is 280 g/mol. The summed E-state index contributed by atoms with van der Waals surface area (Å²) >= 11 is 5.67. The van der Waals surface area contributed by atoms with E-state index in [1.807, 2.05) is 0 Å². The Hall–Kier alpha value is -1.27. The molecule has 0 saturated carbocycles. The Balaban J connectivity index is 3.20. The highest BCUT2D eigenvalue weighted by Crippen LogP contribution is 2.38. The van der Waals surface area contributed by atoms with E-state index >= 15 is 0 Å². The van der Waals surface area contributed by atoms with Crippen LogP contribution in [0.1, 0.15) is 19.4 Å². The minimum atomic E-state index is -4.60. The third-order valence-electron chi connectivity index (χ3n) is 2.14. The molecule has 0 aliphatic heterocycles. The van der Waals surface area contributed by atoms with Crippen molar-refractivity contribution in [2.75, 3.05) is 5.32 Å². The van der Waals surface area contributed by atoms with Gasteiger partial charge < -0.3 is 11.1 Å². The molecule has 0 aliphatic rings. The van der Waals surface area contributed by atoms with E-state index in [2.05, 4.69) is 5.32 Å². The van der Waals surface area contributed by atoms with Crippen LogP contribution in [0.25, 0.3) is 0 Å². The number of carbonyl (C=O) groups excluding carboxylic acids is 1. The van der Waals surface area contributed by atoms with Gasteiger partial charge >= 0.3 is 6.18 Å².